The standard InChI is InChI=1S/C13H12Br2N2O3/c1-19-11-3-2-7(13(16)18)4-10(11)17-6-8-5-9(14)12(15)20-8/h2-5,17H,6H2,1H3,(H2,16,18). The quantitative estimate of drug-likeness (QED) is 0.800. The predicted octanol–water partition coefficient (Wildman–Crippen LogP) is 3.52. The van der Waals surface area contributed by atoms with Gasteiger partial charge in [-0.05, 0) is 56.1 Å². The lowest BCUT2D eigenvalue weighted by atomic mass is 10.1. The monoisotopic (exact) mass is 402 g/mol. The second-order valence-electron chi connectivity index (χ2n) is 3.97. The lowest BCUT2D eigenvalue weighted by molar-refractivity contribution is 0.100. The number of carbonyl (C=O) groups is 1. The van der Waals surface area contributed by atoms with E-state index in [1.54, 1.807) is 25.3 Å². The van der Waals surface area contributed by atoms with Gasteiger partial charge in [0.25, 0.3) is 0 Å². The van der Waals surface area contributed by atoms with Gasteiger partial charge in [-0.15, -0.1) is 0 Å². The van der Waals surface area contributed by atoms with Gasteiger partial charge in [-0.25, -0.2) is 0 Å². The number of carbonyl (C=O) groups excluding carboxylic acids is 1. The van der Waals surface area contributed by atoms with Crippen LogP contribution in [0.15, 0.2) is 37.8 Å². The average Bonchev–Trinajstić information content (AvgIpc) is 2.75. The van der Waals surface area contributed by atoms with Crippen LogP contribution in [-0.2, 0) is 6.54 Å². The Morgan fingerprint density at radius 3 is 2.70 bits per heavy atom. The highest BCUT2D eigenvalue weighted by Crippen LogP contribution is 2.29. The highest BCUT2D eigenvalue weighted by atomic mass is 79.9. The molecule has 0 aliphatic carbocycles. The Balaban J connectivity index is 2.18. The fraction of sp³-hybridized carbons (Fsp3) is 0.154. The Bertz CT molecular complexity index is 621. The minimum absolute atomic E-state index is 0.412. The van der Waals surface area contributed by atoms with Crippen molar-refractivity contribution < 1.29 is 13.9 Å². The second kappa shape index (κ2) is 6.32. The minimum Gasteiger partial charge on any atom is -0.495 e. The van der Waals surface area contributed by atoms with Gasteiger partial charge in [0.15, 0.2) is 4.67 Å². The first-order valence-electron chi connectivity index (χ1n) is 5.66. The van der Waals surface area contributed by atoms with Crippen molar-refractivity contribution in [2.24, 2.45) is 5.73 Å². The van der Waals surface area contributed by atoms with E-state index in [0.29, 0.717) is 28.2 Å². The summed E-state index contributed by atoms with van der Waals surface area (Å²) in [7, 11) is 1.56. The van der Waals surface area contributed by atoms with E-state index in [2.05, 4.69) is 37.2 Å². The number of benzene rings is 1. The largest absolute Gasteiger partial charge is 0.495 e. The Hall–Kier alpha value is -1.47. The van der Waals surface area contributed by atoms with E-state index in [1.165, 1.54) is 0 Å². The van der Waals surface area contributed by atoms with E-state index in [0.717, 1.165) is 10.2 Å². The maximum atomic E-state index is 11.2. The van der Waals surface area contributed by atoms with Crippen LogP contribution in [0.1, 0.15) is 16.1 Å². The Kier molecular flexibility index (Phi) is 4.72. The highest BCUT2D eigenvalue weighted by Gasteiger charge is 2.10. The molecule has 1 amide bonds. The average molecular weight is 404 g/mol. The zero-order chi connectivity index (χ0) is 14.7. The van der Waals surface area contributed by atoms with Crippen molar-refractivity contribution in [3.63, 3.8) is 0 Å². The van der Waals surface area contributed by atoms with Crippen molar-refractivity contribution in [1.82, 2.24) is 0 Å². The van der Waals surface area contributed by atoms with Gasteiger partial charge in [-0.3, -0.25) is 4.79 Å². The van der Waals surface area contributed by atoms with Crippen LogP contribution >= 0.6 is 31.9 Å². The summed E-state index contributed by atoms with van der Waals surface area (Å²) < 4.78 is 12.2. The van der Waals surface area contributed by atoms with Crippen LogP contribution in [0.4, 0.5) is 5.69 Å². The smallest absolute Gasteiger partial charge is 0.248 e. The zero-order valence-electron chi connectivity index (χ0n) is 10.6. The van der Waals surface area contributed by atoms with Gasteiger partial charge in [-0.1, -0.05) is 0 Å². The molecule has 5 nitrogen and oxygen atoms in total. The van der Waals surface area contributed by atoms with Crippen molar-refractivity contribution in [3.05, 3.63) is 44.7 Å². The van der Waals surface area contributed by atoms with Crippen molar-refractivity contribution >= 4 is 43.5 Å². The molecule has 0 radical (unpaired) electrons. The van der Waals surface area contributed by atoms with E-state index in [4.69, 9.17) is 14.9 Å². The molecule has 0 atom stereocenters. The molecular weight excluding hydrogens is 392 g/mol. The number of primary amides is 1. The molecule has 3 N–H and O–H groups in total. The molecule has 1 heterocycles. The second-order valence-corrected chi connectivity index (χ2v) is 5.54. The van der Waals surface area contributed by atoms with Crippen molar-refractivity contribution in [3.8, 4) is 5.75 Å². The van der Waals surface area contributed by atoms with Crippen molar-refractivity contribution in [2.45, 2.75) is 6.54 Å². The van der Waals surface area contributed by atoms with Crippen molar-refractivity contribution in [1.29, 1.82) is 0 Å². The molecule has 2 aromatic rings. The molecule has 0 saturated carbocycles. The van der Waals surface area contributed by atoms with Crippen LogP contribution in [-0.4, -0.2) is 13.0 Å². The van der Waals surface area contributed by atoms with Gasteiger partial charge in [0.1, 0.15) is 11.5 Å². The van der Waals surface area contributed by atoms with E-state index in [1.807, 2.05) is 6.07 Å². The maximum absolute atomic E-state index is 11.2. The normalized spacial score (nSPS) is 10.3. The number of amides is 1. The van der Waals surface area contributed by atoms with Crippen molar-refractivity contribution in [2.75, 3.05) is 12.4 Å². The molecule has 0 unspecified atom stereocenters. The summed E-state index contributed by atoms with van der Waals surface area (Å²) in [6.45, 7) is 0.447. The number of nitrogens with one attached hydrogen (secondary N) is 1. The topological polar surface area (TPSA) is 77.5 Å². The summed E-state index contributed by atoms with van der Waals surface area (Å²) in [6, 6.07) is 6.80. The van der Waals surface area contributed by atoms with Crippen LogP contribution in [0.25, 0.3) is 0 Å². The third-order valence-corrected chi connectivity index (χ3v) is 4.34. The van der Waals surface area contributed by atoms with Gasteiger partial charge in [0.2, 0.25) is 5.91 Å². The van der Waals surface area contributed by atoms with Gasteiger partial charge in [0, 0.05) is 5.56 Å². The number of ether oxygens (including phenoxy) is 1. The summed E-state index contributed by atoms with van der Waals surface area (Å²) in [4.78, 5) is 11.2. The van der Waals surface area contributed by atoms with Crippen LogP contribution in [0.2, 0.25) is 0 Å². The molecule has 20 heavy (non-hydrogen) atoms. The Morgan fingerprint density at radius 2 is 2.15 bits per heavy atom. The number of hydrogen-bond acceptors (Lipinski definition) is 4. The first-order valence-corrected chi connectivity index (χ1v) is 7.25. The molecule has 1 aromatic heterocycles. The highest BCUT2D eigenvalue weighted by molar-refractivity contribution is 9.13. The van der Waals surface area contributed by atoms with Gasteiger partial charge in [0.05, 0.1) is 23.8 Å². The minimum atomic E-state index is -0.487. The lowest BCUT2D eigenvalue weighted by Crippen LogP contribution is -2.11. The summed E-state index contributed by atoms with van der Waals surface area (Å²) >= 11 is 6.62. The predicted molar refractivity (Wildman–Crippen MR) is 82.9 cm³/mol. The molecule has 106 valence electrons. The molecule has 0 aliphatic heterocycles. The molecule has 0 spiro atoms. The number of nitrogens with two attached hydrogens (primary N) is 1. The molecule has 0 saturated heterocycles. The number of methoxy groups -OCH3 is 1. The first kappa shape index (κ1) is 14.9. The van der Waals surface area contributed by atoms with Crippen LogP contribution in [0.3, 0.4) is 0 Å². The molecule has 2 rings (SSSR count). The molecule has 0 bridgehead atoms. The van der Waals surface area contributed by atoms with E-state index in [9.17, 15) is 4.79 Å². The molecule has 1 aromatic carbocycles. The number of halogens is 2. The summed E-state index contributed by atoms with van der Waals surface area (Å²) in [5, 5.41) is 3.15. The number of anilines is 1. The van der Waals surface area contributed by atoms with E-state index < -0.39 is 5.91 Å². The molecular formula is C13H12Br2N2O3. The summed E-state index contributed by atoms with van der Waals surface area (Å²) in [5.74, 6) is 0.870. The summed E-state index contributed by atoms with van der Waals surface area (Å²) in [5.41, 5.74) is 6.35. The molecule has 0 aliphatic rings. The number of furan rings is 1. The van der Waals surface area contributed by atoms with E-state index in [-0.39, 0.29) is 0 Å². The fourth-order valence-corrected chi connectivity index (χ4v) is 2.32. The number of hydrogen-bond donors (Lipinski definition) is 2. The third kappa shape index (κ3) is 3.34. The maximum Gasteiger partial charge on any atom is 0.248 e. The molecule has 0 fully saturated rings. The summed E-state index contributed by atoms with van der Waals surface area (Å²) in [6.07, 6.45) is 0. The van der Waals surface area contributed by atoms with E-state index >= 15 is 0 Å². The molecule has 7 heteroatoms. The SMILES string of the molecule is COc1ccc(C(N)=O)cc1NCc1cc(Br)c(Br)o1. The fourth-order valence-electron chi connectivity index (χ4n) is 1.66. The third-order valence-electron chi connectivity index (χ3n) is 2.63. The van der Waals surface area contributed by atoms with Crippen LogP contribution in [0, 0.1) is 0 Å². The number of rotatable bonds is 5. The van der Waals surface area contributed by atoms with Gasteiger partial charge >= 0.3 is 0 Å². The Labute approximate surface area is 132 Å². The van der Waals surface area contributed by atoms with Crippen LogP contribution < -0.4 is 15.8 Å². The van der Waals surface area contributed by atoms with Gasteiger partial charge < -0.3 is 20.2 Å². The van der Waals surface area contributed by atoms with Crippen LogP contribution in [0.5, 0.6) is 5.75 Å². The van der Waals surface area contributed by atoms with Gasteiger partial charge in [-0.2, -0.15) is 0 Å². The Morgan fingerprint density at radius 1 is 1.40 bits per heavy atom. The zero-order valence-corrected chi connectivity index (χ0v) is 13.7. The first-order chi connectivity index (χ1) is 9.51. The lowest BCUT2D eigenvalue weighted by Gasteiger charge is -2.11.